The van der Waals surface area contributed by atoms with Crippen molar-refractivity contribution in [2.75, 3.05) is 6.54 Å². The van der Waals surface area contributed by atoms with Gasteiger partial charge in [-0.15, -0.1) is 0 Å². The van der Waals surface area contributed by atoms with E-state index in [-0.39, 0.29) is 24.4 Å². The Morgan fingerprint density at radius 3 is 2.22 bits per heavy atom. The van der Waals surface area contributed by atoms with Crippen LogP contribution in [0, 0.1) is 0 Å². The van der Waals surface area contributed by atoms with Crippen LogP contribution < -0.4 is 0 Å². The second-order valence-corrected chi connectivity index (χ2v) is 4.88. The SMILES string of the molecule is CC(C)N(CC(=O)O)C(C)Cc1ccc(O)cc1. The summed E-state index contributed by atoms with van der Waals surface area (Å²) in [5.41, 5.74) is 1.09. The minimum Gasteiger partial charge on any atom is -0.508 e. The number of carboxylic acids is 1. The van der Waals surface area contributed by atoms with Gasteiger partial charge in [0.25, 0.3) is 0 Å². The van der Waals surface area contributed by atoms with Crippen LogP contribution in [0.15, 0.2) is 24.3 Å². The molecule has 1 atom stereocenters. The van der Waals surface area contributed by atoms with Gasteiger partial charge >= 0.3 is 5.97 Å². The van der Waals surface area contributed by atoms with Gasteiger partial charge in [0, 0.05) is 12.1 Å². The number of hydrogen-bond acceptors (Lipinski definition) is 3. The predicted molar refractivity (Wildman–Crippen MR) is 70.8 cm³/mol. The lowest BCUT2D eigenvalue weighted by atomic mass is 10.0. The summed E-state index contributed by atoms with van der Waals surface area (Å²) < 4.78 is 0. The summed E-state index contributed by atoms with van der Waals surface area (Å²) in [6.07, 6.45) is 0.770. The van der Waals surface area contributed by atoms with Gasteiger partial charge in [-0.2, -0.15) is 0 Å². The first kappa shape index (κ1) is 14.5. The maximum atomic E-state index is 10.8. The van der Waals surface area contributed by atoms with Crippen molar-refractivity contribution in [1.82, 2.24) is 4.90 Å². The van der Waals surface area contributed by atoms with Crippen molar-refractivity contribution in [3.05, 3.63) is 29.8 Å². The van der Waals surface area contributed by atoms with Crippen LogP contribution >= 0.6 is 0 Å². The molecule has 0 saturated heterocycles. The number of phenols is 1. The molecule has 0 bridgehead atoms. The van der Waals surface area contributed by atoms with Crippen LogP contribution in [0.3, 0.4) is 0 Å². The molecular formula is C14H21NO3. The first-order valence-electron chi connectivity index (χ1n) is 6.15. The summed E-state index contributed by atoms with van der Waals surface area (Å²) in [7, 11) is 0. The number of aliphatic carboxylic acids is 1. The third-order valence-electron chi connectivity index (χ3n) is 3.01. The monoisotopic (exact) mass is 251 g/mol. The molecule has 0 aliphatic carbocycles. The standard InChI is InChI=1S/C14H21NO3/c1-10(2)15(9-14(17)18)11(3)8-12-4-6-13(16)7-5-12/h4-7,10-11,16H,8-9H2,1-3H3,(H,17,18). The molecule has 0 saturated carbocycles. The van der Waals surface area contributed by atoms with E-state index >= 15 is 0 Å². The van der Waals surface area contributed by atoms with Gasteiger partial charge in [0.1, 0.15) is 5.75 Å². The van der Waals surface area contributed by atoms with Crippen LogP contribution in [0.5, 0.6) is 5.75 Å². The van der Waals surface area contributed by atoms with Crippen molar-refractivity contribution in [3.63, 3.8) is 0 Å². The second-order valence-electron chi connectivity index (χ2n) is 4.88. The van der Waals surface area contributed by atoms with Gasteiger partial charge in [0.05, 0.1) is 6.54 Å². The minimum absolute atomic E-state index is 0.0525. The summed E-state index contributed by atoms with van der Waals surface area (Å²) >= 11 is 0. The molecule has 2 N–H and O–H groups in total. The van der Waals surface area contributed by atoms with Gasteiger partial charge in [0.15, 0.2) is 0 Å². The summed E-state index contributed by atoms with van der Waals surface area (Å²) in [5.74, 6) is -0.557. The first-order valence-corrected chi connectivity index (χ1v) is 6.15. The number of carbonyl (C=O) groups is 1. The van der Waals surface area contributed by atoms with E-state index in [1.54, 1.807) is 12.1 Å². The molecule has 18 heavy (non-hydrogen) atoms. The zero-order valence-electron chi connectivity index (χ0n) is 11.1. The van der Waals surface area contributed by atoms with E-state index in [9.17, 15) is 9.90 Å². The van der Waals surface area contributed by atoms with Gasteiger partial charge in [-0.1, -0.05) is 12.1 Å². The van der Waals surface area contributed by atoms with Crippen molar-refractivity contribution in [1.29, 1.82) is 0 Å². The van der Waals surface area contributed by atoms with E-state index in [1.165, 1.54) is 0 Å². The Balaban J connectivity index is 2.68. The van der Waals surface area contributed by atoms with Gasteiger partial charge < -0.3 is 10.2 Å². The normalized spacial score (nSPS) is 12.9. The number of benzene rings is 1. The highest BCUT2D eigenvalue weighted by Crippen LogP contribution is 2.15. The summed E-state index contributed by atoms with van der Waals surface area (Å²) in [5, 5.41) is 18.1. The highest BCUT2D eigenvalue weighted by Gasteiger charge is 2.19. The van der Waals surface area contributed by atoms with Crippen LogP contribution in [0.2, 0.25) is 0 Å². The lowest BCUT2D eigenvalue weighted by Crippen LogP contribution is -2.43. The molecule has 1 unspecified atom stereocenters. The van der Waals surface area contributed by atoms with Crippen molar-refractivity contribution in [2.45, 2.75) is 39.3 Å². The lowest BCUT2D eigenvalue weighted by molar-refractivity contribution is -0.139. The third kappa shape index (κ3) is 4.37. The number of hydrogen-bond donors (Lipinski definition) is 2. The van der Waals surface area contributed by atoms with E-state index in [0.29, 0.717) is 0 Å². The van der Waals surface area contributed by atoms with Crippen LogP contribution in [0.1, 0.15) is 26.3 Å². The smallest absolute Gasteiger partial charge is 0.317 e. The average molecular weight is 251 g/mol. The molecule has 0 radical (unpaired) electrons. The Morgan fingerprint density at radius 1 is 1.22 bits per heavy atom. The molecule has 0 aromatic heterocycles. The fraction of sp³-hybridized carbons (Fsp3) is 0.500. The molecule has 1 aromatic rings. The summed E-state index contributed by atoms with van der Waals surface area (Å²) in [6.45, 7) is 6.07. The number of aromatic hydroxyl groups is 1. The molecule has 0 aliphatic heterocycles. The molecule has 100 valence electrons. The zero-order chi connectivity index (χ0) is 13.7. The predicted octanol–water partition coefficient (Wildman–Crippen LogP) is 2.12. The van der Waals surface area contributed by atoms with Gasteiger partial charge in [0.2, 0.25) is 0 Å². The van der Waals surface area contributed by atoms with Crippen molar-refractivity contribution in [2.24, 2.45) is 0 Å². The highest BCUT2D eigenvalue weighted by molar-refractivity contribution is 5.69. The first-order chi connectivity index (χ1) is 8.40. The second kappa shape index (κ2) is 6.40. The van der Waals surface area contributed by atoms with E-state index in [4.69, 9.17) is 5.11 Å². The maximum absolute atomic E-state index is 10.8. The Bertz CT molecular complexity index is 387. The molecule has 0 amide bonds. The minimum atomic E-state index is -0.804. The van der Waals surface area contributed by atoms with Gasteiger partial charge in [-0.3, -0.25) is 9.69 Å². The van der Waals surface area contributed by atoms with Crippen molar-refractivity contribution in [3.8, 4) is 5.75 Å². The van der Waals surface area contributed by atoms with Crippen LogP contribution in [0.25, 0.3) is 0 Å². The fourth-order valence-corrected chi connectivity index (χ4v) is 2.09. The molecule has 4 heteroatoms. The van der Waals surface area contributed by atoms with Crippen LogP contribution in [-0.2, 0) is 11.2 Å². The summed E-state index contributed by atoms with van der Waals surface area (Å²) in [4.78, 5) is 12.8. The number of phenolic OH excluding ortho intramolecular Hbond substituents is 1. The molecule has 0 fully saturated rings. The van der Waals surface area contributed by atoms with Crippen molar-refractivity contribution >= 4 is 5.97 Å². The van der Waals surface area contributed by atoms with E-state index < -0.39 is 5.97 Å². The number of carboxylic acid groups (broad SMARTS) is 1. The molecule has 0 aliphatic rings. The molecule has 0 heterocycles. The maximum Gasteiger partial charge on any atom is 0.317 e. The fourth-order valence-electron chi connectivity index (χ4n) is 2.09. The van der Waals surface area contributed by atoms with Crippen molar-refractivity contribution < 1.29 is 15.0 Å². The van der Waals surface area contributed by atoms with Crippen LogP contribution in [0.4, 0.5) is 0 Å². The Kier molecular flexibility index (Phi) is 5.16. The van der Waals surface area contributed by atoms with E-state index in [2.05, 4.69) is 0 Å². The Labute approximate surface area is 108 Å². The quantitative estimate of drug-likeness (QED) is 0.813. The molecule has 1 aromatic carbocycles. The lowest BCUT2D eigenvalue weighted by Gasteiger charge is -2.31. The van der Waals surface area contributed by atoms with E-state index in [0.717, 1.165) is 12.0 Å². The van der Waals surface area contributed by atoms with Gasteiger partial charge in [-0.25, -0.2) is 0 Å². The Hall–Kier alpha value is -1.55. The highest BCUT2D eigenvalue weighted by atomic mass is 16.4. The zero-order valence-corrected chi connectivity index (χ0v) is 11.1. The largest absolute Gasteiger partial charge is 0.508 e. The van der Waals surface area contributed by atoms with E-state index in [1.807, 2.05) is 37.8 Å². The molecule has 0 spiro atoms. The Morgan fingerprint density at radius 2 is 1.78 bits per heavy atom. The average Bonchev–Trinajstić information content (AvgIpc) is 2.28. The molecular weight excluding hydrogens is 230 g/mol. The third-order valence-corrected chi connectivity index (χ3v) is 3.01. The number of nitrogens with zero attached hydrogens (tertiary/aromatic N) is 1. The van der Waals surface area contributed by atoms with Crippen LogP contribution in [-0.4, -0.2) is 39.7 Å². The molecule has 1 rings (SSSR count). The summed E-state index contributed by atoms with van der Waals surface area (Å²) in [6, 6.07) is 7.37. The number of rotatable bonds is 6. The topological polar surface area (TPSA) is 60.8 Å². The van der Waals surface area contributed by atoms with Gasteiger partial charge in [-0.05, 0) is 44.9 Å². The molecule has 4 nitrogen and oxygen atoms in total.